The average Bonchev–Trinajstić information content (AvgIpc) is 2.65. The number of hydrogen-bond acceptors (Lipinski definition) is 3. The standard InChI is InChI=1S/C16H19NO3/c1-10-11(2)20-12(3)15(10)16(19)17(4)9-13-5-7-14(18)8-6-13/h5-8,18H,9H2,1-4H3. The fourth-order valence-electron chi connectivity index (χ4n) is 2.25. The molecule has 1 heterocycles. The van der Waals surface area contributed by atoms with Crippen LogP contribution in [0.2, 0.25) is 0 Å². The second kappa shape index (κ2) is 5.41. The number of amides is 1. The number of rotatable bonds is 3. The molecule has 0 radical (unpaired) electrons. The van der Waals surface area contributed by atoms with Crippen LogP contribution < -0.4 is 0 Å². The fraction of sp³-hybridized carbons (Fsp3) is 0.312. The summed E-state index contributed by atoms with van der Waals surface area (Å²) in [7, 11) is 1.76. The highest BCUT2D eigenvalue weighted by Crippen LogP contribution is 2.22. The smallest absolute Gasteiger partial charge is 0.257 e. The summed E-state index contributed by atoms with van der Waals surface area (Å²) in [6, 6.07) is 6.84. The highest BCUT2D eigenvalue weighted by atomic mass is 16.3. The van der Waals surface area contributed by atoms with Gasteiger partial charge in [-0.25, -0.2) is 0 Å². The number of aromatic hydroxyl groups is 1. The third-order valence-corrected chi connectivity index (χ3v) is 3.48. The van der Waals surface area contributed by atoms with Crippen LogP contribution in [0.25, 0.3) is 0 Å². The molecule has 0 saturated carbocycles. The van der Waals surface area contributed by atoms with E-state index in [2.05, 4.69) is 0 Å². The zero-order valence-corrected chi connectivity index (χ0v) is 12.2. The quantitative estimate of drug-likeness (QED) is 0.934. The summed E-state index contributed by atoms with van der Waals surface area (Å²) < 4.78 is 5.50. The molecule has 1 N–H and O–H groups in total. The van der Waals surface area contributed by atoms with Crippen molar-refractivity contribution in [1.82, 2.24) is 4.90 Å². The number of carbonyl (C=O) groups excluding carboxylic acids is 1. The van der Waals surface area contributed by atoms with E-state index in [0.717, 1.165) is 16.9 Å². The van der Waals surface area contributed by atoms with Gasteiger partial charge in [-0.3, -0.25) is 4.79 Å². The molecule has 0 aliphatic rings. The van der Waals surface area contributed by atoms with Gasteiger partial charge >= 0.3 is 0 Å². The summed E-state index contributed by atoms with van der Waals surface area (Å²) in [5.74, 6) is 1.61. The van der Waals surface area contributed by atoms with Gasteiger partial charge in [-0.1, -0.05) is 12.1 Å². The first kappa shape index (κ1) is 14.2. The zero-order valence-electron chi connectivity index (χ0n) is 12.2. The maximum absolute atomic E-state index is 12.5. The highest BCUT2D eigenvalue weighted by molar-refractivity contribution is 5.96. The van der Waals surface area contributed by atoms with E-state index < -0.39 is 0 Å². The Bertz CT molecular complexity index is 626. The fourth-order valence-corrected chi connectivity index (χ4v) is 2.25. The van der Waals surface area contributed by atoms with Crippen LogP contribution in [0.15, 0.2) is 28.7 Å². The van der Waals surface area contributed by atoms with Gasteiger partial charge < -0.3 is 14.4 Å². The van der Waals surface area contributed by atoms with Crippen LogP contribution in [0.3, 0.4) is 0 Å². The lowest BCUT2D eigenvalue weighted by molar-refractivity contribution is 0.0782. The molecule has 1 amide bonds. The van der Waals surface area contributed by atoms with Crippen LogP contribution in [-0.2, 0) is 6.54 Å². The van der Waals surface area contributed by atoms with Crippen LogP contribution in [0.1, 0.15) is 33.0 Å². The highest BCUT2D eigenvalue weighted by Gasteiger charge is 2.21. The Morgan fingerprint density at radius 2 is 1.75 bits per heavy atom. The second-order valence-electron chi connectivity index (χ2n) is 5.04. The number of phenolic OH excluding ortho intramolecular Hbond substituents is 1. The van der Waals surface area contributed by atoms with Crippen LogP contribution >= 0.6 is 0 Å². The van der Waals surface area contributed by atoms with E-state index in [9.17, 15) is 9.90 Å². The number of furan rings is 1. The third kappa shape index (κ3) is 2.69. The summed E-state index contributed by atoms with van der Waals surface area (Å²) >= 11 is 0. The molecular formula is C16H19NO3. The van der Waals surface area contributed by atoms with Crippen molar-refractivity contribution in [1.29, 1.82) is 0 Å². The van der Waals surface area contributed by atoms with Crippen LogP contribution in [-0.4, -0.2) is 23.0 Å². The molecular weight excluding hydrogens is 254 g/mol. The maximum atomic E-state index is 12.5. The van der Waals surface area contributed by atoms with E-state index in [1.165, 1.54) is 0 Å². The van der Waals surface area contributed by atoms with Crippen molar-refractivity contribution >= 4 is 5.91 Å². The molecule has 4 nitrogen and oxygen atoms in total. The van der Waals surface area contributed by atoms with Gasteiger partial charge in [-0.05, 0) is 38.5 Å². The van der Waals surface area contributed by atoms with Crippen molar-refractivity contribution in [3.8, 4) is 5.75 Å². The summed E-state index contributed by atoms with van der Waals surface area (Å²) in [5.41, 5.74) is 2.50. The summed E-state index contributed by atoms with van der Waals surface area (Å²) in [6.45, 7) is 6.05. The molecule has 0 aliphatic carbocycles. The van der Waals surface area contributed by atoms with Crippen LogP contribution in [0.4, 0.5) is 0 Å². The van der Waals surface area contributed by atoms with Gasteiger partial charge in [0.2, 0.25) is 0 Å². The first-order valence-corrected chi connectivity index (χ1v) is 6.50. The molecule has 0 aliphatic heterocycles. The van der Waals surface area contributed by atoms with Crippen molar-refractivity contribution in [3.63, 3.8) is 0 Å². The number of benzene rings is 1. The molecule has 106 valence electrons. The SMILES string of the molecule is Cc1oc(C)c(C(=O)N(C)Cc2ccc(O)cc2)c1C. The third-order valence-electron chi connectivity index (χ3n) is 3.48. The Balaban J connectivity index is 2.18. The lowest BCUT2D eigenvalue weighted by Crippen LogP contribution is -2.27. The van der Waals surface area contributed by atoms with Gasteiger partial charge in [-0.15, -0.1) is 0 Å². The number of hydrogen-bond donors (Lipinski definition) is 1. The Morgan fingerprint density at radius 1 is 1.15 bits per heavy atom. The number of carbonyl (C=O) groups is 1. The first-order valence-electron chi connectivity index (χ1n) is 6.50. The number of aryl methyl sites for hydroxylation is 2. The Morgan fingerprint density at radius 3 is 2.25 bits per heavy atom. The van der Waals surface area contributed by atoms with E-state index in [1.807, 2.05) is 20.8 Å². The molecule has 2 rings (SSSR count). The van der Waals surface area contributed by atoms with Crippen molar-refractivity contribution in [3.05, 3.63) is 52.5 Å². The summed E-state index contributed by atoms with van der Waals surface area (Å²) in [4.78, 5) is 14.1. The minimum Gasteiger partial charge on any atom is -0.508 e. The number of nitrogens with zero attached hydrogens (tertiary/aromatic N) is 1. The average molecular weight is 273 g/mol. The molecule has 0 spiro atoms. The lowest BCUT2D eigenvalue weighted by Gasteiger charge is -2.17. The molecule has 0 unspecified atom stereocenters. The minimum absolute atomic E-state index is 0.0510. The van der Waals surface area contributed by atoms with Gasteiger partial charge in [0.25, 0.3) is 5.91 Å². The summed E-state index contributed by atoms with van der Waals surface area (Å²) in [5, 5.41) is 9.26. The minimum atomic E-state index is -0.0510. The monoisotopic (exact) mass is 273 g/mol. The topological polar surface area (TPSA) is 53.7 Å². The molecule has 4 heteroatoms. The van der Waals surface area contributed by atoms with E-state index in [4.69, 9.17) is 4.42 Å². The van der Waals surface area contributed by atoms with Crippen LogP contribution in [0.5, 0.6) is 5.75 Å². The Kier molecular flexibility index (Phi) is 3.84. The molecule has 1 aromatic carbocycles. The largest absolute Gasteiger partial charge is 0.508 e. The first-order chi connectivity index (χ1) is 9.40. The normalized spacial score (nSPS) is 10.6. The molecule has 0 saturated heterocycles. The maximum Gasteiger partial charge on any atom is 0.257 e. The molecule has 20 heavy (non-hydrogen) atoms. The van der Waals surface area contributed by atoms with E-state index in [-0.39, 0.29) is 11.7 Å². The van der Waals surface area contributed by atoms with Gasteiger partial charge in [0.05, 0.1) is 5.56 Å². The van der Waals surface area contributed by atoms with Gasteiger partial charge in [-0.2, -0.15) is 0 Å². The Labute approximate surface area is 118 Å². The van der Waals surface area contributed by atoms with Crippen molar-refractivity contribution in [2.45, 2.75) is 27.3 Å². The predicted molar refractivity (Wildman–Crippen MR) is 76.8 cm³/mol. The van der Waals surface area contributed by atoms with Gasteiger partial charge in [0.15, 0.2) is 0 Å². The lowest BCUT2D eigenvalue weighted by atomic mass is 10.1. The number of phenols is 1. The van der Waals surface area contributed by atoms with E-state index >= 15 is 0 Å². The predicted octanol–water partition coefficient (Wildman–Crippen LogP) is 3.18. The van der Waals surface area contributed by atoms with Crippen LogP contribution in [0, 0.1) is 20.8 Å². The molecule has 0 bridgehead atoms. The van der Waals surface area contributed by atoms with Crippen molar-refractivity contribution < 1.29 is 14.3 Å². The molecule has 0 atom stereocenters. The molecule has 2 aromatic rings. The summed E-state index contributed by atoms with van der Waals surface area (Å²) in [6.07, 6.45) is 0. The molecule has 0 fully saturated rings. The van der Waals surface area contributed by atoms with Crippen molar-refractivity contribution in [2.75, 3.05) is 7.05 Å². The molecule has 1 aromatic heterocycles. The van der Waals surface area contributed by atoms with Gasteiger partial charge in [0, 0.05) is 19.2 Å². The second-order valence-corrected chi connectivity index (χ2v) is 5.04. The Hall–Kier alpha value is -2.23. The zero-order chi connectivity index (χ0) is 14.9. The van der Waals surface area contributed by atoms with Crippen molar-refractivity contribution in [2.24, 2.45) is 0 Å². The van der Waals surface area contributed by atoms with E-state index in [1.54, 1.807) is 36.2 Å². The van der Waals surface area contributed by atoms with E-state index in [0.29, 0.717) is 17.9 Å². The van der Waals surface area contributed by atoms with Gasteiger partial charge in [0.1, 0.15) is 17.3 Å².